The third-order valence-electron chi connectivity index (χ3n) is 2.02. The first-order valence-electron chi connectivity index (χ1n) is 5.50. The van der Waals surface area contributed by atoms with Crippen molar-refractivity contribution in [1.82, 2.24) is 0 Å². The number of benzene rings is 1. The molecule has 4 nitrogen and oxygen atoms in total. The zero-order chi connectivity index (χ0) is 13.1. The van der Waals surface area contributed by atoms with Crippen LogP contribution in [-0.4, -0.2) is 32.2 Å². The van der Waals surface area contributed by atoms with Gasteiger partial charge >= 0.3 is 0 Å². The van der Waals surface area contributed by atoms with Crippen molar-refractivity contribution in [3.8, 4) is 11.5 Å². The smallest absolute Gasteiger partial charge is 0.150 e. The van der Waals surface area contributed by atoms with Gasteiger partial charge in [0.25, 0.3) is 0 Å². The summed E-state index contributed by atoms with van der Waals surface area (Å²) in [5.41, 5.74) is 0.547. The minimum absolute atomic E-state index is 0.344. The van der Waals surface area contributed by atoms with Crippen LogP contribution in [-0.2, 0) is 0 Å². The van der Waals surface area contributed by atoms with Crippen molar-refractivity contribution in [2.24, 2.45) is 0 Å². The van der Waals surface area contributed by atoms with Gasteiger partial charge in [-0.3, -0.25) is 4.79 Å². The molecule has 0 saturated heterocycles. The monoisotopic (exact) mass is 240 g/mol. The Balaban J connectivity index is 0.000000437. The highest BCUT2D eigenvalue weighted by Gasteiger charge is 1.99. The molecule has 0 atom stereocenters. The van der Waals surface area contributed by atoms with Crippen molar-refractivity contribution in [3.05, 3.63) is 23.8 Å². The Bertz CT molecular complexity index is 299. The normalized spacial score (nSPS) is 8.94. The lowest BCUT2D eigenvalue weighted by Gasteiger charge is -2.04. The standard InChI is InChI=1S/C9H10O3.C4H10O/c1-11-8-3-7(6-10)4-9(5-8)12-2;1-2-3-4-5/h3-6H,1-2H3;5H,2-4H2,1H3. The Labute approximate surface area is 102 Å². The maximum atomic E-state index is 10.4. The largest absolute Gasteiger partial charge is 0.497 e. The Morgan fingerprint density at radius 3 is 1.94 bits per heavy atom. The molecule has 0 saturated carbocycles. The fourth-order valence-electron chi connectivity index (χ4n) is 1.06. The first kappa shape index (κ1) is 15.4. The molecule has 1 aromatic carbocycles. The molecule has 0 amide bonds. The lowest BCUT2D eigenvalue weighted by atomic mass is 10.2. The average molecular weight is 240 g/mol. The molecular weight excluding hydrogens is 220 g/mol. The molecule has 17 heavy (non-hydrogen) atoms. The van der Waals surface area contributed by atoms with Crippen molar-refractivity contribution in [3.63, 3.8) is 0 Å². The van der Waals surface area contributed by atoms with E-state index in [0.29, 0.717) is 23.7 Å². The van der Waals surface area contributed by atoms with Gasteiger partial charge in [0.05, 0.1) is 14.2 Å². The van der Waals surface area contributed by atoms with Crippen LogP contribution in [0.4, 0.5) is 0 Å². The maximum absolute atomic E-state index is 10.4. The minimum atomic E-state index is 0.344. The SMILES string of the molecule is CCCCO.COc1cc(C=O)cc(OC)c1. The van der Waals surface area contributed by atoms with Crippen LogP contribution in [0.2, 0.25) is 0 Å². The van der Waals surface area contributed by atoms with Crippen LogP contribution in [0.15, 0.2) is 18.2 Å². The summed E-state index contributed by atoms with van der Waals surface area (Å²) in [7, 11) is 3.09. The number of ether oxygens (including phenoxy) is 2. The lowest BCUT2D eigenvalue weighted by molar-refractivity contribution is 0.112. The van der Waals surface area contributed by atoms with Crippen LogP contribution in [0.5, 0.6) is 11.5 Å². The second-order valence-corrected chi connectivity index (χ2v) is 3.34. The Morgan fingerprint density at radius 1 is 1.18 bits per heavy atom. The van der Waals surface area contributed by atoms with Crippen LogP contribution in [0.3, 0.4) is 0 Å². The maximum Gasteiger partial charge on any atom is 0.150 e. The van der Waals surface area contributed by atoms with Gasteiger partial charge < -0.3 is 14.6 Å². The fourth-order valence-corrected chi connectivity index (χ4v) is 1.06. The zero-order valence-corrected chi connectivity index (χ0v) is 10.6. The molecular formula is C13H20O4. The topological polar surface area (TPSA) is 55.8 Å². The van der Waals surface area contributed by atoms with Crippen molar-refractivity contribution in [2.45, 2.75) is 19.8 Å². The molecule has 1 aromatic rings. The van der Waals surface area contributed by atoms with Gasteiger partial charge in [0, 0.05) is 18.2 Å². The number of methoxy groups -OCH3 is 2. The van der Waals surface area contributed by atoms with Crippen LogP contribution >= 0.6 is 0 Å². The predicted octanol–water partition coefficient (Wildman–Crippen LogP) is 2.30. The first-order valence-corrected chi connectivity index (χ1v) is 5.50. The number of aliphatic hydroxyl groups is 1. The summed E-state index contributed by atoms with van der Waals surface area (Å²) in [5.74, 6) is 1.24. The second kappa shape index (κ2) is 9.66. The lowest BCUT2D eigenvalue weighted by Crippen LogP contribution is -1.89. The van der Waals surface area contributed by atoms with E-state index in [1.807, 2.05) is 0 Å². The third-order valence-corrected chi connectivity index (χ3v) is 2.02. The summed E-state index contributed by atoms with van der Waals surface area (Å²) < 4.78 is 9.92. The van der Waals surface area contributed by atoms with E-state index in [2.05, 4.69) is 6.92 Å². The van der Waals surface area contributed by atoms with Gasteiger partial charge in [0.2, 0.25) is 0 Å². The van der Waals surface area contributed by atoms with E-state index in [4.69, 9.17) is 14.6 Å². The van der Waals surface area contributed by atoms with Crippen LogP contribution in [0.25, 0.3) is 0 Å². The van der Waals surface area contributed by atoms with Crippen molar-refractivity contribution in [2.75, 3.05) is 20.8 Å². The van der Waals surface area contributed by atoms with E-state index in [1.54, 1.807) is 32.4 Å². The number of rotatable bonds is 5. The van der Waals surface area contributed by atoms with E-state index in [-0.39, 0.29) is 0 Å². The minimum Gasteiger partial charge on any atom is -0.497 e. The van der Waals surface area contributed by atoms with Crippen LogP contribution < -0.4 is 9.47 Å². The molecule has 0 aliphatic carbocycles. The summed E-state index contributed by atoms with van der Waals surface area (Å²) in [6.07, 6.45) is 2.79. The zero-order valence-electron chi connectivity index (χ0n) is 10.6. The molecule has 0 aromatic heterocycles. The number of carbonyl (C=O) groups is 1. The molecule has 0 bridgehead atoms. The highest BCUT2D eigenvalue weighted by molar-refractivity contribution is 5.76. The van der Waals surface area contributed by atoms with Crippen molar-refractivity contribution in [1.29, 1.82) is 0 Å². The summed E-state index contributed by atoms with van der Waals surface area (Å²) in [4.78, 5) is 10.4. The van der Waals surface area contributed by atoms with Gasteiger partial charge in [0.15, 0.2) is 0 Å². The molecule has 1 N–H and O–H groups in total. The summed E-state index contributed by atoms with van der Waals surface area (Å²) in [6.45, 7) is 2.40. The quantitative estimate of drug-likeness (QED) is 0.802. The molecule has 1 rings (SSSR count). The van der Waals surface area contributed by atoms with Crippen molar-refractivity contribution < 1.29 is 19.4 Å². The highest BCUT2D eigenvalue weighted by atomic mass is 16.5. The summed E-state index contributed by atoms with van der Waals surface area (Å²) >= 11 is 0. The number of hydrogen-bond donors (Lipinski definition) is 1. The molecule has 0 radical (unpaired) electrons. The molecule has 0 aliphatic heterocycles. The molecule has 0 unspecified atom stereocenters. The van der Waals surface area contributed by atoms with Gasteiger partial charge in [0.1, 0.15) is 17.8 Å². The Hall–Kier alpha value is -1.55. The second-order valence-electron chi connectivity index (χ2n) is 3.34. The Kier molecular flexibility index (Phi) is 8.78. The number of aldehydes is 1. The molecule has 0 fully saturated rings. The average Bonchev–Trinajstić information content (AvgIpc) is 2.39. The third kappa shape index (κ3) is 6.58. The number of carbonyl (C=O) groups excluding carboxylic acids is 1. The first-order chi connectivity index (χ1) is 8.21. The molecule has 0 aliphatic rings. The fraction of sp³-hybridized carbons (Fsp3) is 0.462. The molecule has 96 valence electrons. The van der Waals surface area contributed by atoms with E-state index >= 15 is 0 Å². The summed E-state index contributed by atoms with van der Waals surface area (Å²) in [5, 5.41) is 8.07. The predicted molar refractivity (Wildman–Crippen MR) is 66.9 cm³/mol. The van der Waals surface area contributed by atoms with Gasteiger partial charge in [-0.1, -0.05) is 13.3 Å². The van der Waals surface area contributed by atoms with E-state index in [1.165, 1.54) is 0 Å². The van der Waals surface area contributed by atoms with Gasteiger partial charge in [-0.15, -0.1) is 0 Å². The van der Waals surface area contributed by atoms with Gasteiger partial charge in [-0.2, -0.15) is 0 Å². The Morgan fingerprint density at radius 2 is 1.71 bits per heavy atom. The van der Waals surface area contributed by atoms with E-state index in [0.717, 1.165) is 19.1 Å². The molecule has 4 heteroatoms. The number of aliphatic hydroxyl groups excluding tert-OH is 1. The number of hydrogen-bond acceptors (Lipinski definition) is 4. The van der Waals surface area contributed by atoms with Gasteiger partial charge in [-0.25, -0.2) is 0 Å². The van der Waals surface area contributed by atoms with E-state index in [9.17, 15) is 4.79 Å². The molecule has 0 spiro atoms. The van der Waals surface area contributed by atoms with Crippen molar-refractivity contribution >= 4 is 6.29 Å². The van der Waals surface area contributed by atoms with Gasteiger partial charge in [-0.05, 0) is 18.6 Å². The molecule has 0 heterocycles. The van der Waals surface area contributed by atoms with E-state index < -0.39 is 0 Å². The number of unbranched alkanes of at least 4 members (excludes halogenated alkanes) is 1. The summed E-state index contributed by atoms with van der Waals surface area (Å²) in [6, 6.07) is 5.01. The van der Waals surface area contributed by atoms with Crippen LogP contribution in [0.1, 0.15) is 30.1 Å². The van der Waals surface area contributed by atoms with Crippen LogP contribution in [0, 0.1) is 0 Å². The highest BCUT2D eigenvalue weighted by Crippen LogP contribution is 2.21.